The highest BCUT2D eigenvalue weighted by atomic mass is 28.4. The third-order valence-corrected chi connectivity index (χ3v) is 21.2. The van der Waals surface area contributed by atoms with Gasteiger partial charge in [0.05, 0.1) is 25.0 Å². The number of carbonyl (C=O) groups is 1. The lowest BCUT2D eigenvalue weighted by Crippen LogP contribution is -2.58. The molecule has 9 nitrogen and oxygen atoms in total. The number of imidazole rings is 1. The predicted molar refractivity (Wildman–Crippen MR) is 208 cm³/mol. The van der Waals surface area contributed by atoms with Crippen molar-refractivity contribution < 1.29 is 23.5 Å². The predicted octanol–water partition coefficient (Wildman–Crippen LogP) is 9.22. The summed E-state index contributed by atoms with van der Waals surface area (Å²) in [6.45, 7) is 27.6. The molecule has 1 saturated heterocycles. The maximum Gasteiger partial charge on any atom is 0.291 e. The lowest BCUT2D eigenvalue weighted by atomic mass is 9.73. The first-order chi connectivity index (χ1) is 23.3. The number of nitrogens with one attached hydrogen (secondary N) is 2. The van der Waals surface area contributed by atoms with E-state index in [2.05, 4.69) is 121 Å². The van der Waals surface area contributed by atoms with Crippen LogP contribution in [0.25, 0.3) is 5.57 Å². The molecule has 3 heterocycles. The van der Waals surface area contributed by atoms with Crippen molar-refractivity contribution in [3.05, 3.63) is 65.3 Å². The Labute approximate surface area is 307 Å². The van der Waals surface area contributed by atoms with Crippen molar-refractivity contribution in [3.8, 4) is 6.07 Å². The molecular weight excluding hydrogens is 673 g/mol. The van der Waals surface area contributed by atoms with Crippen molar-refractivity contribution in [2.45, 2.75) is 141 Å². The number of nitriles is 1. The molecule has 1 unspecified atom stereocenters. The topological polar surface area (TPSA) is 129 Å². The van der Waals surface area contributed by atoms with Crippen molar-refractivity contribution in [3.63, 3.8) is 0 Å². The van der Waals surface area contributed by atoms with Crippen LogP contribution < -0.4 is 5.32 Å². The fraction of sp³-hybridized carbons (Fsp3) is 0.625. The van der Waals surface area contributed by atoms with Crippen LogP contribution in [-0.4, -0.2) is 62.0 Å². The van der Waals surface area contributed by atoms with Gasteiger partial charge in [0.2, 0.25) is 0 Å². The van der Waals surface area contributed by atoms with Crippen LogP contribution in [0.15, 0.2) is 42.6 Å². The zero-order chi connectivity index (χ0) is 37.9. The van der Waals surface area contributed by atoms with Crippen molar-refractivity contribution in [1.29, 1.82) is 5.26 Å². The van der Waals surface area contributed by atoms with Crippen LogP contribution in [0, 0.1) is 16.7 Å². The monoisotopic (exact) mass is 732 g/mol. The molecular formula is C40H60N4O5Si2. The van der Waals surface area contributed by atoms with E-state index in [-0.39, 0.29) is 27.0 Å². The lowest BCUT2D eigenvalue weighted by molar-refractivity contribution is -0.217. The summed E-state index contributed by atoms with van der Waals surface area (Å²) in [7, 11) is -4.29. The lowest BCUT2D eigenvalue weighted by Gasteiger charge is -2.51. The van der Waals surface area contributed by atoms with Crippen molar-refractivity contribution in [2.24, 2.45) is 5.41 Å². The molecule has 278 valence electrons. The number of carbonyl (C=O) groups excluding carboxylic acids is 1. The molecule has 3 atom stereocenters. The number of allylic oxidation sites excluding steroid dienone is 2. The number of aliphatic hydroxyl groups is 1. The Morgan fingerprint density at radius 2 is 1.59 bits per heavy atom. The van der Waals surface area contributed by atoms with Gasteiger partial charge in [-0.2, -0.15) is 5.26 Å². The number of benzene rings is 1. The van der Waals surface area contributed by atoms with E-state index in [1.165, 1.54) is 6.20 Å². The number of hydrogen-bond donors (Lipinski definition) is 3. The first-order valence-electron chi connectivity index (χ1n) is 18.3. The Morgan fingerprint density at radius 1 is 1.02 bits per heavy atom. The van der Waals surface area contributed by atoms with Gasteiger partial charge in [0, 0.05) is 24.1 Å². The molecule has 1 aromatic carbocycles. The number of rotatable bonds is 10. The SMILES string of the molecule is CC1(C)CC=C(c2cc(C3(O)C[C@@]4(CO[Si](C)(C)C(C)(C)C)C=C[C@@](CO[Si](C)(C)C(C)(C)C)(C3)O4)ccc2NC(=O)c2ncc(C#N)[nH]2)CC1. The highest BCUT2D eigenvalue weighted by Crippen LogP contribution is 2.54. The normalized spacial score (nSPS) is 26.5. The van der Waals surface area contributed by atoms with E-state index < -0.39 is 39.3 Å². The second-order valence-electron chi connectivity index (χ2n) is 19.1. The minimum Gasteiger partial charge on any atom is -0.414 e. The number of aromatic amines is 1. The van der Waals surface area contributed by atoms with E-state index in [0.717, 1.165) is 36.0 Å². The van der Waals surface area contributed by atoms with Gasteiger partial charge in [0.1, 0.15) is 23.0 Å². The van der Waals surface area contributed by atoms with E-state index in [1.54, 1.807) is 0 Å². The molecule has 1 aromatic heterocycles. The number of hydrogen-bond acceptors (Lipinski definition) is 7. The van der Waals surface area contributed by atoms with Crippen LogP contribution in [-0.2, 0) is 19.2 Å². The van der Waals surface area contributed by atoms with Gasteiger partial charge >= 0.3 is 0 Å². The van der Waals surface area contributed by atoms with Crippen LogP contribution in [0.4, 0.5) is 5.69 Å². The van der Waals surface area contributed by atoms with Crippen molar-refractivity contribution in [2.75, 3.05) is 18.5 Å². The quantitative estimate of drug-likeness (QED) is 0.164. The fourth-order valence-electron chi connectivity index (χ4n) is 6.72. The highest BCUT2D eigenvalue weighted by molar-refractivity contribution is 6.74. The smallest absolute Gasteiger partial charge is 0.291 e. The van der Waals surface area contributed by atoms with Crippen LogP contribution >= 0.6 is 0 Å². The fourth-order valence-corrected chi connectivity index (χ4v) is 8.80. The standard InChI is InChI=1S/C40H60N4O5Si2/c1-35(2,3)50(9,10)47-26-38-19-20-39(49-38,27-48-51(11,12)36(4,5)6)25-40(46,24-38)29-13-14-32(44-34(45)33-42-23-30(22-41)43-33)31(21-29)28-15-17-37(7,8)18-16-28/h13-15,19-21,23,46H,16-18,24-27H2,1-12H3,(H,42,43)(H,44,45)/t38-,39+,40?. The minimum absolute atomic E-state index is 0.0166. The number of amides is 1. The number of fused-ring (bicyclic) bond motifs is 2. The average Bonchev–Trinajstić information content (AvgIpc) is 3.61. The number of ether oxygens (including phenoxy) is 1. The van der Waals surface area contributed by atoms with Gasteiger partial charge in [0.15, 0.2) is 22.5 Å². The van der Waals surface area contributed by atoms with Gasteiger partial charge in [-0.15, -0.1) is 0 Å². The van der Waals surface area contributed by atoms with Crippen molar-refractivity contribution in [1.82, 2.24) is 9.97 Å². The van der Waals surface area contributed by atoms with E-state index in [1.807, 2.05) is 18.2 Å². The molecule has 51 heavy (non-hydrogen) atoms. The summed E-state index contributed by atoms with van der Waals surface area (Å²) in [5.74, 6) is -0.365. The molecule has 1 aliphatic carbocycles. The van der Waals surface area contributed by atoms with Gasteiger partial charge in [-0.25, -0.2) is 4.98 Å². The van der Waals surface area contributed by atoms with Crippen LogP contribution in [0.3, 0.4) is 0 Å². The summed E-state index contributed by atoms with van der Waals surface area (Å²) in [5.41, 5.74) is 0.869. The summed E-state index contributed by atoms with van der Waals surface area (Å²) in [6, 6.07) is 7.85. The average molecular weight is 733 g/mol. The number of aromatic nitrogens is 2. The van der Waals surface area contributed by atoms with E-state index in [9.17, 15) is 15.2 Å². The second-order valence-corrected chi connectivity index (χ2v) is 28.7. The van der Waals surface area contributed by atoms with Crippen LogP contribution in [0.1, 0.15) is 115 Å². The Hall–Kier alpha value is -2.86. The second kappa shape index (κ2) is 13.2. The van der Waals surface area contributed by atoms with E-state index in [0.29, 0.717) is 31.7 Å². The van der Waals surface area contributed by atoms with Crippen LogP contribution in [0.5, 0.6) is 0 Å². The Balaban J connectivity index is 1.55. The first kappa shape index (κ1) is 39.4. The molecule has 1 fully saturated rings. The largest absolute Gasteiger partial charge is 0.414 e. The maximum atomic E-state index is 13.3. The molecule has 2 bridgehead atoms. The molecule has 1 amide bonds. The summed E-state index contributed by atoms with van der Waals surface area (Å²) in [5, 5.41) is 25.3. The molecule has 3 N–H and O–H groups in total. The maximum absolute atomic E-state index is 13.3. The molecule has 3 aliphatic rings. The molecule has 2 aliphatic heterocycles. The molecule has 5 rings (SSSR count). The summed E-state index contributed by atoms with van der Waals surface area (Å²) < 4.78 is 20.7. The third-order valence-electron chi connectivity index (χ3n) is 12.3. The van der Waals surface area contributed by atoms with Gasteiger partial charge in [-0.1, -0.05) is 79.7 Å². The Kier molecular flexibility index (Phi) is 10.2. The molecule has 0 radical (unpaired) electrons. The zero-order valence-electron chi connectivity index (χ0n) is 33.0. The highest BCUT2D eigenvalue weighted by Gasteiger charge is 2.59. The van der Waals surface area contributed by atoms with E-state index in [4.69, 9.17) is 13.6 Å². The molecule has 11 heteroatoms. The van der Waals surface area contributed by atoms with Gasteiger partial charge < -0.3 is 29.0 Å². The zero-order valence-corrected chi connectivity index (χ0v) is 35.0. The Bertz CT molecular complexity index is 1710. The third kappa shape index (κ3) is 8.22. The molecule has 0 spiro atoms. The summed E-state index contributed by atoms with van der Waals surface area (Å²) in [4.78, 5) is 20.2. The summed E-state index contributed by atoms with van der Waals surface area (Å²) in [6.07, 6.45) is 11.3. The summed E-state index contributed by atoms with van der Waals surface area (Å²) >= 11 is 0. The number of anilines is 1. The van der Waals surface area contributed by atoms with Crippen LogP contribution in [0.2, 0.25) is 36.3 Å². The molecule has 2 aromatic rings. The van der Waals surface area contributed by atoms with E-state index >= 15 is 0 Å². The van der Waals surface area contributed by atoms with Gasteiger partial charge in [0.25, 0.3) is 5.91 Å². The first-order valence-corrected chi connectivity index (χ1v) is 24.2. The number of H-pyrrole nitrogens is 1. The van der Waals surface area contributed by atoms with Crippen molar-refractivity contribution >= 4 is 33.8 Å². The number of nitrogens with zero attached hydrogens (tertiary/aromatic N) is 2. The molecule has 0 saturated carbocycles. The van der Waals surface area contributed by atoms with Gasteiger partial charge in [-0.3, -0.25) is 4.79 Å². The minimum atomic E-state index is -2.15. The Morgan fingerprint density at radius 3 is 2.06 bits per heavy atom. The van der Waals surface area contributed by atoms with Gasteiger partial charge in [-0.05, 0) is 84.2 Å².